The largest absolute Gasteiger partial charge is 0.492 e. The molecule has 5 rings (SSSR count). The Hall–Kier alpha value is -4.43. The maximum Gasteiger partial charge on any atom is 0.255 e. The van der Waals surface area contributed by atoms with Crippen molar-refractivity contribution in [3.8, 4) is 22.6 Å². The molecule has 0 atom stereocenters. The molecule has 0 aliphatic carbocycles. The van der Waals surface area contributed by atoms with Gasteiger partial charge in [-0.05, 0) is 45.4 Å². The molecular weight excluding hydrogens is 508 g/mol. The molecule has 0 radical (unpaired) electrons. The third-order valence-electron chi connectivity index (χ3n) is 6.22. The first-order valence-corrected chi connectivity index (χ1v) is 13.7. The topological polar surface area (TPSA) is 85.4 Å². The summed E-state index contributed by atoms with van der Waals surface area (Å²) in [4.78, 5) is 24.2. The molecule has 2 heterocycles. The maximum absolute atomic E-state index is 12.9. The molecule has 3 aromatic carbocycles. The zero-order chi connectivity index (χ0) is 27.4. The van der Waals surface area contributed by atoms with Crippen LogP contribution in [-0.2, 0) is 0 Å². The van der Waals surface area contributed by atoms with Gasteiger partial charge >= 0.3 is 0 Å². The lowest BCUT2D eigenvalue weighted by molar-refractivity contribution is 0.102. The number of nitrogens with zero attached hydrogens (tertiary/aromatic N) is 2. The van der Waals surface area contributed by atoms with Gasteiger partial charge in [0.25, 0.3) is 5.91 Å². The minimum Gasteiger partial charge on any atom is -0.492 e. The first-order valence-electron chi connectivity index (χ1n) is 12.9. The van der Waals surface area contributed by atoms with E-state index in [2.05, 4.69) is 58.7 Å². The number of thiophene rings is 1. The highest BCUT2D eigenvalue weighted by Crippen LogP contribution is 2.43. The van der Waals surface area contributed by atoms with Crippen LogP contribution in [0, 0.1) is 13.8 Å². The Morgan fingerprint density at radius 2 is 1.54 bits per heavy atom. The van der Waals surface area contributed by atoms with Gasteiger partial charge in [-0.2, -0.15) is 0 Å². The van der Waals surface area contributed by atoms with Crippen LogP contribution in [0.15, 0.2) is 73.1 Å². The summed E-state index contributed by atoms with van der Waals surface area (Å²) in [5, 5.41) is 7.41. The average Bonchev–Trinajstić information content (AvgIpc) is 3.28. The van der Waals surface area contributed by atoms with E-state index in [9.17, 15) is 4.79 Å². The summed E-state index contributed by atoms with van der Waals surface area (Å²) in [5.41, 5.74) is 5.18. The van der Waals surface area contributed by atoms with Crippen LogP contribution in [0.4, 0.5) is 17.2 Å². The van der Waals surface area contributed by atoms with E-state index in [0.717, 1.165) is 26.2 Å². The number of amides is 1. The minimum atomic E-state index is -0.228. The van der Waals surface area contributed by atoms with Crippen molar-refractivity contribution in [1.29, 1.82) is 0 Å². The number of carbonyl (C=O) groups is 1. The Bertz CT molecular complexity index is 1620. The zero-order valence-electron chi connectivity index (χ0n) is 22.4. The summed E-state index contributed by atoms with van der Waals surface area (Å²) in [6.45, 7) is 8.89. The summed E-state index contributed by atoms with van der Waals surface area (Å²) < 4.78 is 11.9. The number of fused-ring (bicyclic) bond motifs is 1. The Balaban J connectivity index is 1.58. The molecule has 0 aliphatic heterocycles. The molecule has 0 fully saturated rings. The highest BCUT2D eigenvalue weighted by atomic mass is 32.1. The van der Waals surface area contributed by atoms with Crippen LogP contribution >= 0.6 is 11.3 Å². The fourth-order valence-electron chi connectivity index (χ4n) is 4.42. The van der Waals surface area contributed by atoms with E-state index in [1.54, 1.807) is 35.9 Å². The Labute approximate surface area is 231 Å². The SMILES string of the molecule is CCOc1cc(Nc2ncnc3sc(C)c(-c4ccc(C)cc4)c23)c(OCC)cc1NC(=O)c1ccccc1. The van der Waals surface area contributed by atoms with E-state index in [-0.39, 0.29) is 5.91 Å². The molecule has 0 spiro atoms. The van der Waals surface area contributed by atoms with Gasteiger partial charge in [0, 0.05) is 28.1 Å². The van der Waals surface area contributed by atoms with Crippen molar-refractivity contribution in [1.82, 2.24) is 9.97 Å². The van der Waals surface area contributed by atoms with E-state index >= 15 is 0 Å². The summed E-state index contributed by atoms with van der Waals surface area (Å²) in [6.07, 6.45) is 1.57. The molecule has 5 aromatic rings. The fourth-order valence-corrected chi connectivity index (χ4v) is 5.44. The quantitative estimate of drug-likeness (QED) is 0.199. The molecule has 198 valence electrons. The molecule has 0 saturated heterocycles. The van der Waals surface area contributed by atoms with E-state index in [0.29, 0.717) is 47.5 Å². The first kappa shape index (κ1) is 26.2. The molecule has 2 aromatic heterocycles. The normalized spacial score (nSPS) is 10.9. The number of aryl methyl sites for hydroxylation is 2. The molecule has 0 unspecified atom stereocenters. The molecule has 39 heavy (non-hydrogen) atoms. The number of hydrogen-bond acceptors (Lipinski definition) is 7. The predicted octanol–water partition coefficient (Wildman–Crippen LogP) is 7.77. The van der Waals surface area contributed by atoms with Gasteiger partial charge in [-0.15, -0.1) is 11.3 Å². The smallest absolute Gasteiger partial charge is 0.255 e. The van der Waals surface area contributed by atoms with Crippen molar-refractivity contribution >= 4 is 44.7 Å². The van der Waals surface area contributed by atoms with Crippen LogP contribution in [0.1, 0.15) is 34.6 Å². The molecule has 7 nitrogen and oxygen atoms in total. The number of carbonyl (C=O) groups excluding carboxylic acids is 1. The van der Waals surface area contributed by atoms with Crippen molar-refractivity contribution in [2.45, 2.75) is 27.7 Å². The van der Waals surface area contributed by atoms with Crippen molar-refractivity contribution in [3.63, 3.8) is 0 Å². The number of rotatable bonds is 9. The zero-order valence-corrected chi connectivity index (χ0v) is 23.2. The van der Waals surface area contributed by atoms with E-state index in [1.807, 2.05) is 38.1 Å². The first-order chi connectivity index (χ1) is 19.0. The van der Waals surface area contributed by atoms with Gasteiger partial charge in [0.15, 0.2) is 0 Å². The average molecular weight is 539 g/mol. The van der Waals surface area contributed by atoms with E-state index < -0.39 is 0 Å². The van der Waals surface area contributed by atoms with Crippen LogP contribution in [0.25, 0.3) is 21.3 Å². The van der Waals surface area contributed by atoms with Crippen molar-refractivity contribution in [2.75, 3.05) is 23.8 Å². The lowest BCUT2D eigenvalue weighted by Gasteiger charge is -2.18. The second-order valence-electron chi connectivity index (χ2n) is 8.96. The second kappa shape index (κ2) is 11.5. The van der Waals surface area contributed by atoms with Gasteiger partial charge < -0.3 is 20.1 Å². The van der Waals surface area contributed by atoms with Crippen molar-refractivity contribution in [2.24, 2.45) is 0 Å². The summed E-state index contributed by atoms with van der Waals surface area (Å²) in [5.74, 6) is 1.54. The second-order valence-corrected chi connectivity index (χ2v) is 10.2. The van der Waals surface area contributed by atoms with Gasteiger partial charge in [0.05, 0.1) is 30.0 Å². The van der Waals surface area contributed by atoms with Crippen LogP contribution in [-0.4, -0.2) is 29.1 Å². The lowest BCUT2D eigenvalue weighted by atomic mass is 10.0. The molecule has 0 saturated carbocycles. The lowest BCUT2D eigenvalue weighted by Crippen LogP contribution is -2.13. The third kappa shape index (κ3) is 5.56. The Kier molecular flexibility index (Phi) is 7.74. The van der Waals surface area contributed by atoms with Crippen LogP contribution in [0.2, 0.25) is 0 Å². The van der Waals surface area contributed by atoms with Crippen LogP contribution in [0.5, 0.6) is 11.5 Å². The summed E-state index contributed by atoms with van der Waals surface area (Å²) >= 11 is 1.64. The van der Waals surface area contributed by atoms with Crippen molar-refractivity contribution < 1.29 is 14.3 Å². The minimum absolute atomic E-state index is 0.228. The number of hydrogen-bond donors (Lipinski definition) is 2. The number of anilines is 3. The monoisotopic (exact) mass is 538 g/mol. The Morgan fingerprint density at radius 3 is 2.23 bits per heavy atom. The highest BCUT2D eigenvalue weighted by Gasteiger charge is 2.20. The molecule has 0 bridgehead atoms. The summed E-state index contributed by atoms with van der Waals surface area (Å²) in [7, 11) is 0. The molecule has 1 amide bonds. The highest BCUT2D eigenvalue weighted by molar-refractivity contribution is 7.19. The fraction of sp³-hybridized carbons (Fsp3) is 0.194. The van der Waals surface area contributed by atoms with Gasteiger partial charge in [0.1, 0.15) is 28.5 Å². The van der Waals surface area contributed by atoms with E-state index in [1.165, 1.54) is 5.56 Å². The number of ether oxygens (including phenoxy) is 2. The third-order valence-corrected chi connectivity index (χ3v) is 7.24. The van der Waals surface area contributed by atoms with Crippen LogP contribution in [0.3, 0.4) is 0 Å². The predicted molar refractivity (Wildman–Crippen MR) is 159 cm³/mol. The van der Waals surface area contributed by atoms with Gasteiger partial charge in [-0.1, -0.05) is 48.0 Å². The molecule has 0 aliphatic rings. The summed E-state index contributed by atoms with van der Waals surface area (Å²) in [6, 6.07) is 21.2. The number of nitrogens with one attached hydrogen (secondary N) is 2. The molecular formula is C31H30N4O3S. The molecule has 2 N–H and O–H groups in total. The Morgan fingerprint density at radius 1 is 0.872 bits per heavy atom. The maximum atomic E-state index is 12.9. The van der Waals surface area contributed by atoms with E-state index in [4.69, 9.17) is 9.47 Å². The standard InChI is InChI=1S/C31H30N4O3S/c1-5-37-25-17-24(35-30(36)22-10-8-7-9-11-22)26(38-6-2)16-23(25)34-29-28-27(21-14-12-19(3)13-15-21)20(4)39-31(28)33-18-32-29/h7-18H,5-6H2,1-4H3,(H,35,36)(H,32,33,34). The number of benzene rings is 3. The van der Waals surface area contributed by atoms with Gasteiger partial charge in [-0.3, -0.25) is 4.79 Å². The van der Waals surface area contributed by atoms with Crippen LogP contribution < -0.4 is 20.1 Å². The van der Waals surface area contributed by atoms with Crippen molar-refractivity contribution in [3.05, 3.63) is 89.1 Å². The van der Waals surface area contributed by atoms with Gasteiger partial charge in [-0.25, -0.2) is 9.97 Å². The molecule has 8 heteroatoms. The number of aromatic nitrogens is 2. The van der Waals surface area contributed by atoms with Gasteiger partial charge in [0.2, 0.25) is 0 Å².